The van der Waals surface area contributed by atoms with Crippen molar-refractivity contribution in [3.63, 3.8) is 0 Å². The molecule has 0 aliphatic rings. The normalized spacial score (nSPS) is 10.3. The second kappa shape index (κ2) is 5.14. The molecule has 1 heterocycles. The number of methoxy groups -OCH3 is 1. The number of thioether (sulfide) groups is 1. The predicted octanol–water partition coefficient (Wildman–Crippen LogP) is 2.58. The Morgan fingerprint density at radius 2 is 1.82 bits per heavy atom. The fraction of sp³-hybridized carbons (Fsp3) is 0.250. The summed E-state index contributed by atoms with van der Waals surface area (Å²) in [7, 11) is 1.65. The third-order valence-electron chi connectivity index (χ3n) is 2.39. The van der Waals surface area contributed by atoms with E-state index in [1.807, 2.05) is 37.4 Å². The molecule has 1 aromatic heterocycles. The number of hydrogen-bond donors (Lipinski definition) is 0. The minimum atomic E-state index is 0.694. The van der Waals surface area contributed by atoms with E-state index in [1.54, 1.807) is 7.11 Å². The first-order valence-corrected chi connectivity index (χ1v) is 6.37. The van der Waals surface area contributed by atoms with Gasteiger partial charge in [0.1, 0.15) is 11.4 Å². The maximum Gasteiger partial charge on any atom is 0.209 e. The highest BCUT2D eigenvalue weighted by atomic mass is 32.2. The number of aryl methyl sites for hydroxylation is 1. The Labute approximate surface area is 104 Å². The number of rotatable bonds is 3. The van der Waals surface area contributed by atoms with Gasteiger partial charge in [-0.25, -0.2) is 4.98 Å². The molecule has 88 valence electrons. The van der Waals surface area contributed by atoms with Crippen molar-refractivity contribution >= 4 is 11.8 Å². The summed E-state index contributed by atoms with van der Waals surface area (Å²) in [4.78, 5) is 4.37. The molecule has 17 heavy (non-hydrogen) atoms. The second-order valence-corrected chi connectivity index (χ2v) is 4.23. The lowest BCUT2D eigenvalue weighted by Gasteiger charge is -2.05. The van der Waals surface area contributed by atoms with E-state index < -0.39 is 0 Å². The van der Waals surface area contributed by atoms with Crippen LogP contribution < -0.4 is 4.74 Å². The first kappa shape index (κ1) is 11.9. The molecule has 0 amide bonds. The van der Waals surface area contributed by atoms with Crippen molar-refractivity contribution in [1.82, 2.24) is 15.2 Å². The molecule has 0 fully saturated rings. The average molecular weight is 247 g/mol. The van der Waals surface area contributed by atoms with E-state index >= 15 is 0 Å². The molecule has 0 radical (unpaired) electrons. The molecule has 1 aromatic carbocycles. The summed E-state index contributed by atoms with van der Waals surface area (Å²) < 4.78 is 5.12. The summed E-state index contributed by atoms with van der Waals surface area (Å²) in [5.74, 6) is 0.827. The van der Waals surface area contributed by atoms with Gasteiger partial charge in [0.2, 0.25) is 5.16 Å². The van der Waals surface area contributed by atoms with E-state index in [9.17, 15) is 0 Å². The number of benzene rings is 1. The molecule has 5 heteroatoms. The maximum absolute atomic E-state index is 5.12. The Morgan fingerprint density at radius 1 is 1.12 bits per heavy atom. The molecule has 0 spiro atoms. The van der Waals surface area contributed by atoms with Crippen LogP contribution in [0.15, 0.2) is 29.4 Å². The van der Waals surface area contributed by atoms with Crippen molar-refractivity contribution in [3.05, 3.63) is 30.0 Å². The van der Waals surface area contributed by atoms with E-state index in [-0.39, 0.29) is 0 Å². The van der Waals surface area contributed by atoms with Gasteiger partial charge in [-0.15, -0.1) is 10.2 Å². The van der Waals surface area contributed by atoms with Gasteiger partial charge in [0, 0.05) is 5.56 Å². The molecular formula is C12H13N3OS. The monoisotopic (exact) mass is 247 g/mol. The summed E-state index contributed by atoms with van der Waals surface area (Å²) in [6.45, 7) is 1.94. The van der Waals surface area contributed by atoms with Crippen LogP contribution in [0.3, 0.4) is 0 Å². The van der Waals surface area contributed by atoms with Gasteiger partial charge in [0.05, 0.1) is 12.8 Å². The molecule has 0 aliphatic heterocycles. The Kier molecular flexibility index (Phi) is 3.58. The highest BCUT2D eigenvalue weighted by Gasteiger charge is 2.07. The molecule has 0 bridgehead atoms. The van der Waals surface area contributed by atoms with Crippen LogP contribution in [0.5, 0.6) is 5.75 Å². The lowest BCUT2D eigenvalue weighted by atomic mass is 10.1. The lowest BCUT2D eigenvalue weighted by molar-refractivity contribution is 0.415. The van der Waals surface area contributed by atoms with Crippen molar-refractivity contribution in [3.8, 4) is 17.0 Å². The third kappa shape index (κ3) is 2.55. The van der Waals surface area contributed by atoms with Gasteiger partial charge in [-0.3, -0.25) is 0 Å². The van der Waals surface area contributed by atoms with Crippen molar-refractivity contribution in [2.24, 2.45) is 0 Å². The molecule has 0 atom stereocenters. The number of ether oxygens (including phenoxy) is 1. The maximum atomic E-state index is 5.12. The van der Waals surface area contributed by atoms with Crippen LogP contribution in [0.4, 0.5) is 0 Å². The molecule has 0 N–H and O–H groups in total. The van der Waals surface area contributed by atoms with Gasteiger partial charge in [0.25, 0.3) is 0 Å². The van der Waals surface area contributed by atoms with Gasteiger partial charge < -0.3 is 4.74 Å². The summed E-state index contributed by atoms with van der Waals surface area (Å²) in [5.41, 5.74) is 2.69. The Bertz CT molecular complexity index is 514. The van der Waals surface area contributed by atoms with Crippen LogP contribution in [0.1, 0.15) is 5.69 Å². The van der Waals surface area contributed by atoms with Gasteiger partial charge in [0.15, 0.2) is 0 Å². The fourth-order valence-electron chi connectivity index (χ4n) is 1.49. The number of hydrogen-bond acceptors (Lipinski definition) is 5. The minimum Gasteiger partial charge on any atom is -0.497 e. The molecule has 2 aromatic rings. The molecule has 4 nitrogen and oxygen atoms in total. The third-order valence-corrected chi connectivity index (χ3v) is 2.93. The Balaban J connectivity index is 2.38. The Morgan fingerprint density at radius 3 is 2.35 bits per heavy atom. The van der Waals surface area contributed by atoms with E-state index in [0.29, 0.717) is 5.16 Å². The number of nitrogens with zero attached hydrogens (tertiary/aromatic N) is 3. The largest absolute Gasteiger partial charge is 0.497 e. The summed E-state index contributed by atoms with van der Waals surface area (Å²) in [6, 6.07) is 7.71. The van der Waals surface area contributed by atoms with E-state index in [4.69, 9.17) is 4.74 Å². The standard InChI is InChI=1S/C12H13N3OS/c1-8-11(14-15-12(13-8)17-3)9-4-6-10(16-2)7-5-9/h4-7H,1-3H3. The molecule has 0 aliphatic carbocycles. The SMILES string of the molecule is COc1ccc(-c2nnc(SC)nc2C)cc1. The predicted molar refractivity (Wildman–Crippen MR) is 68.3 cm³/mol. The topological polar surface area (TPSA) is 47.9 Å². The Hall–Kier alpha value is -1.62. The summed E-state index contributed by atoms with van der Waals surface area (Å²) in [6.07, 6.45) is 1.93. The van der Waals surface area contributed by atoms with Crippen LogP contribution in [-0.2, 0) is 0 Å². The smallest absolute Gasteiger partial charge is 0.209 e. The van der Waals surface area contributed by atoms with Crippen molar-refractivity contribution in [2.45, 2.75) is 12.1 Å². The van der Waals surface area contributed by atoms with Crippen molar-refractivity contribution < 1.29 is 4.74 Å². The van der Waals surface area contributed by atoms with E-state index in [1.165, 1.54) is 11.8 Å². The fourth-order valence-corrected chi connectivity index (χ4v) is 1.84. The van der Waals surface area contributed by atoms with Gasteiger partial charge in [-0.05, 0) is 37.4 Å². The van der Waals surface area contributed by atoms with Crippen LogP contribution in [-0.4, -0.2) is 28.5 Å². The van der Waals surface area contributed by atoms with E-state index in [2.05, 4.69) is 15.2 Å². The van der Waals surface area contributed by atoms with Crippen LogP contribution >= 0.6 is 11.8 Å². The number of aromatic nitrogens is 3. The average Bonchev–Trinajstić information content (AvgIpc) is 2.39. The summed E-state index contributed by atoms with van der Waals surface area (Å²) >= 11 is 1.49. The van der Waals surface area contributed by atoms with Crippen LogP contribution in [0.25, 0.3) is 11.3 Å². The van der Waals surface area contributed by atoms with Crippen LogP contribution in [0.2, 0.25) is 0 Å². The van der Waals surface area contributed by atoms with Crippen LogP contribution in [0, 0.1) is 6.92 Å². The highest BCUT2D eigenvalue weighted by molar-refractivity contribution is 7.98. The summed E-state index contributed by atoms with van der Waals surface area (Å²) in [5, 5.41) is 8.94. The second-order valence-electron chi connectivity index (χ2n) is 3.46. The van der Waals surface area contributed by atoms with Gasteiger partial charge >= 0.3 is 0 Å². The molecule has 0 saturated heterocycles. The van der Waals surface area contributed by atoms with Crippen molar-refractivity contribution in [1.29, 1.82) is 0 Å². The van der Waals surface area contributed by atoms with Gasteiger partial charge in [-0.2, -0.15) is 0 Å². The zero-order chi connectivity index (χ0) is 12.3. The lowest BCUT2D eigenvalue weighted by Crippen LogP contribution is -1.98. The zero-order valence-corrected chi connectivity index (χ0v) is 10.8. The quantitative estimate of drug-likeness (QED) is 0.780. The first-order chi connectivity index (χ1) is 8.24. The van der Waals surface area contributed by atoms with Gasteiger partial charge in [-0.1, -0.05) is 11.8 Å². The van der Waals surface area contributed by atoms with E-state index in [0.717, 1.165) is 22.7 Å². The zero-order valence-electron chi connectivity index (χ0n) is 9.97. The molecule has 0 saturated carbocycles. The minimum absolute atomic E-state index is 0.694. The van der Waals surface area contributed by atoms with Crippen molar-refractivity contribution in [2.75, 3.05) is 13.4 Å². The molecule has 2 rings (SSSR count). The molecular weight excluding hydrogens is 234 g/mol. The highest BCUT2D eigenvalue weighted by Crippen LogP contribution is 2.22. The molecule has 0 unspecified atom stereocenters. The first-order valence-electron chi connectivity index (χ1n) is 5.14.